The molecular formula is C20H15N3. The minimum atomic E-state index is 0.885. The van der Waals surface area contributed by atoms with Crippen molar-refractivity contribution >= 4 is 10.9 Å². The molecule has 0 fully saturated rings. The van der Waals surface area contributed by atoms with Gasteiger partial charge in [-0.2, -0.15) is 0 Å². The standard InChI is InChI=1S/C20H15N3/c1-14-10-15(12-16(11-14)20-13-21-8-9-23-20)17-4-2-6-19-18(17)5-3-7-22-19/h2-13H,1H3. The molecule has 0 saturated heterocycles. The first-order valence-electron chi connectivity index (χ1n) is 7.53. The molecular weight excluding hydrogens is 282 g/mol. The highest BCUT2D eigenvalue weighted by atomic mass is 14.8. The van der Waals surface area contributed by atoms with E-state index in [2.05, 4.69) is 58.3 Å². The third-order valence-corrected chi connectivity index (χ3v) is 3.89. The number of hydrogen-bond donors (Lipinski definition) is 0. The molecule has 23 heavy (non-hydrogen) atoms. The predicted octanol–water partition coefficient (Wildman–Crippen LogP) is 4.67. The topological polar surface area (TPSA) is 38.7 Å². The van der Waals surface area contributed by atoms with Crippen molar-refractivity contribution in [3.05, 3.63) is 78.9 Å². The third-order valence-electron chi connectivity index (χ3n) is 3.89. The van der Waals surface area contributed by atoms with Gasteiger partial charge in [-0.3, -0.25) is 15.0 Å². The van der Waals surface area contributed by atoms with Gasteiger partial charge in [0.05, 0.1) is 17.4 Å². The van der Waals surface area contributed by atoms with E-state index < -0.39 is 0 Å². The molecule has 0 bridgehead atoms. The Bertz CT molecular complexity index is 973. The minimum Gasteiger partial charge on any atom is -0.261 e. The van der Waals surface area contributed by atoms with Crippen molar-refractivity contribution in [3.8, 4) is 22.4 Å². The predicted molar refractivity (Wildman–Crippen MR) is 92.9 cm³/mol. The molecule has 0 unspecified atom stereocenters. The van der Waals surface area contributed by atoms with Gasteiger partial charge in [-0.1, -0.05) is 24.3 Å². The van der Waals surface area contributed by atoms with Gasteiger partial charge in [0.25, 0.3) is 0 Å². The summed E-state index contributed by atoms with van der Waals surface area (Å²) in [6.07, 6.45) is 7.03. The summed E-state index contributed by atoms with van der Waals surface area (Å²) < 4.78 is 0. The van der Waals surface area contributed by atoms with Crippen LogP contribution in [0.15, 0.2) is 73.3 Å². The summed E-state index contributed by atoms with van der Waals surface area (Å²) in [5.41, 5.74) is 6.52. The molecule has 2 aromatic heterocycles. The second-order valence-corrected chi connectivity index (χ2v) is 5.55. The van der Waals surface area contributed by atoms with Gasteiger partial charge in [0.2, 0.25) is 0 Å². The summed E-state index contributed by atoms with van der Waals surface area (Å²) in [5, 5.41) is 1.16. The normalized spacial score (nSPS) is 10.8. The number of nitrogens with zero attached hydrogens (tertiary/aromatic N) is 3. The SMILES string of the molecule is Cc1cc(-c2cnccn2)cc(-c2cccc3ncccc23)c1. The summed E-state index contributed by atoms with van der Waals surface area (Å²) in [6, 6.07) is 16.8. The lowest BCUT2D eigenvalue weighted by atomic mass is 9.96. The third kappa shape index (κ3) is 2.57. The Kier molecular flexibility index (Phi) is 3.31. The minimum absolute atomic E-state index is 0.885. The number of hydrogen-bond acceptors (Lipinski definition) is 3. The van der Waals surface area contributed by atoms with Crippen LogP contribution in [0.1, 0.15) is 5.56 Å². The number of fused-ring (bicyclic) bond motifs is 1. The van der Waals surface area contributed by atoms with E-state index in [4.69, 9.17) is 0 Å². The quantitative estimate of drug-likeness (QED) is 0.540. The maximum atomic E-state index is 4.45. The largest absolute Gasteiger partial charge is 0.261 e. The highest BCUT2D eigenvalue weighted by Crippen LogP contribution is 2.31. The number of benzene rings is 2. The molecule has 0 amide bonds. The molecule has 3 heteroatoms. The van der Waals surface area contributed by atoms with E-state index in [0.717, 1.165) is 22.2 Å². The van der Waals surface area contributed by atoms with Gasteiger partial charge >= 0.3 is 0 Å². The molecule has 2 heterocycles. The first kappa shape index (κ1) is 13.6. The molecule has 0 N–H and O–H groups in total. The van der Waals surface area contributed by atoms with Crippen LogP contribution in [0.5, 0.6) is 0 Å². The molecule has 110 valence electrons. The fourth-order valence-electron chi connectivity index (χ4n) is 2.89. The zero-order valence-electron chi connectivity index (χ0n) is 12.8. The van der Waals surface area contributed by atoms with Crippen LogP contribution in [0.4, 0.5) is 0 Å². The van der Waals surface area contributed by atoms with Crippen LogP contribution in [0.3, 0.4) is 0 Å². The van der Waals surface area contributed by atoms with Crippen molar-refractivity contribution < 1.29 is 0 Å². The first-order valence-corrected chi connectivity index (χ1v) is 7.53. The Morgan fingerprint density at radius 3 is 2.57 bits per heavy atom. The van der Waals surface area contributed by atoms with Gasteiger partial charge in [-0.05, 0) is 47.9 Å². The van der Waals surface area contributed by atoms with Crippen LogP contribution in [0, 0.1) is 6.92 Å². The highest BCUT2D eigenvalue weighted by Gasteiger charge is 2.08. The number of rotatable bonds is 2. The van der Waals surface area contributed by atoms with E-state index in [1.165, 1.54) is 16.7 Å². The van der Waals surface area contributed by atoms with Gasteiger partial charge < -0.3 is 0 Å². The van der Waals surface area contributed by atoms with E-state index >= 15 is 0 Å². The van der Waals surface area contributed by atoms with Crippen LogP contribution >= 0.6 is 0 Å². The van der Waals surface area contributed by atoms with Crippen molar-refractivity contribution in [3.63, 3.8) is 0 Å². The number of aromatic nitrogens is 3. The van der Waals surface area contributed by atoms with Crippen LogP contribution in [0.25, 0.3) is 33.3 Å². The molecule has 0 atom stereocenters. The lowest BCUT2D eigenvalue weighted by Gasteiger charge is -2.10. The maximum absolute atomic E-state index is 4.45. The van der Waals surface area contributed by atoms with Crippen LogP contribution in [0.2, 0.25) is 0 Å². The Morgan fingerprint density at radius 1 is 0.783 bits per heavy atom. The molecule has 0 aliphatic heterocycles. The van der Waals surface area contributed by atoms with Gasteiger partial charge in [0, 0.05) is 29.5 Å². The Morgan fingerprint density at radius 2 is 1.70 bits per heavy atom. The van der Waals surface area contributed by atoms with Gasteiger partial charge in [-0.15, -0.1) is 0 Å². The van der Waals surface area contributed by atoms with Gasteiger partial charge in [0.15, 0.2) is 0 Å². The molecule has 0 saturated carbocycles. The van der Waals surface area contributed by atoms with Gasteiger partial charge in [0.1, 0.15) is 0 Å². The average Bonchev–Trinajstić information content (AvgIpc) is 2.61. The van der Waals surface area contributed by atoms with Crippen molar-refractivity contribution in [1.29, 1.82) is 0 Å². The second-order valence-electron chi connectivity index (χ2n) is 5.55. The van der Waals surface area contributed by atoms with E-state index in [1.54, 1.807) is 18.6 Å². The summed E-state index contributed by atoms with van der Waals surface area (Å²) in [5.74, 6) is 0. The summed E-state index contributed by atoms with van der Waals surface area (Å²) >= 11 is 0. The lowest BCUT2D eigenvalue weighted by molar-refractivity contribution is 1.20. The first-order chi connectivity index (χ1) is 11.3. The second kappa shape index (κ2) is 5.61. The molecule has 3 nitrogen and oxygen atoms in total. The average molecular weight is 297 g/mol. The lowest BCUT2D eigenvalue weighted by Crippen LogP contribution is -1.89. The van der Waals surface area contributed by atoms with E-state index in [-0.39, 0.29) is 0 Å². The molecule has 4 aromatic rings. The smallest absolute Gasteiger partial charge is 0.0885 e. The van der Waals surface area contributed by atoms with Crippen LogP contribution < -0.4 is 0 Å². The zero-order valence-corrected chi connectivity index (χ0v) is 12.8. The molecule has 0 spiro atoms. The van der Waals surface area contributed by atoms with E-state index in [0.29, 0.717) is 0 Å². The summed E-state index contributed by atoms with van der Waals surface area (Å²) in [7, 11) is 0. The molecule has 4 rings (SSSR count). The van der Waals surface area contributed by atoms with Crippen LogP contribution in [-0.4, -0.2) is 15.0 Å². The van der Waals surface area contributed by atoms with Crippen molar-refractivity contribution in [2.45, 2.75) is 6.92 Å². The van der Waals surface area contributed by atoms with Crippen molar-refractivity contribution in [2.75, 3.05) is 0 Å². The van der Waals surface area contributed by atoms with Crippen molar-refractivity contribution in [2.24, 2.45) is 0 Å². The number of pyridine rings is 1. The molecule has 0 radical (unpaired) electrons. The zero-order chi connectivity index (χ0) is 15.6. The van der Waals surface area contributed by atoms with Gasteiger partial charge in [-0.25, -0.2) is 0 Å². The summed E-state index contributed by atoms with van der Waals surface area (Å²) in [6.45, 7) is 2.10. The van der Waals surface area contributed by atoms with E-state index in [1.807, 2.05) is 18.3 Å². The fourth-order valence-corrected chi connectivity index (χ4v) is 2.89. The Hall–Kier alpha value is -3.07. The van der Waals surface area contributed by atoms with Crippen molar-refractivity contribution in [1.82, 2.24) is 15.0 Å². The Labute approximate surface area is 134 Å². The molecule has 0 aliphatic carbocycles. The monoisotopic (exact) mass is 297 g/mol. The van der Waals surface area contributed by atoms with E-state index in [9.17, 15) is 0 Å². The molecule has 0 aliphatic rings. The highest BCUT2D eigenvalue weighted by molar-refractivity contribution is 5.95. The number of aryl methyl sites for hydroxylation is 1. The maximum Gasteiger partial charge on any atom is 0.0885 e. The molecule has 2 aromatic carbocycles. The van der Waals surface area contributed by atoms with Crippen LogP contribution in [-0.2, 0) is 0 Å². The summed E-state index contributed by atoms with van der Waals surface area (Å²) in [4.78, 5) is 13.0. The fraction of sp³-hybridized carbons (Fsp3) is 0.0500. The Balaban J connectivity index is 1.94.